The highest BCUT2D eigenvalue weighted by atomic mass is 16.2. The first-order valence-electron chi connectivity index (χ1n) is 7.15. The van der Waals surface area contributed by atoms with Gasteiger partial charge in [0.1, 0.15) is 0 Å². The lowest BCUT2D eigenvalue weighted by molar-refractivity contribution is -0.142. The smallest absolute Gasteiger partial charge is 0.241 e. The van der Waals surface area contributed by atoms with Crippen LogP contribution in [0.3, 0.4) is 0 Å². The van der Waals surface area contributed by atoms with Gasteiger partial charge in [0.25, 0.3) is 0 Å². The molecule has 0 aromatic heterocycles. The third-order valence-electron chi connectivity index (χ3n) is 3.55. The first kappa shape index (κ1) is 16.0. The quantitative estimate of drug-likeness (QED) is 0.793. The van der Waals surface area contributed by atoms with Crippen LogP contribution >= 0.6 is 0 Å². The van der Waals surface area contributed by atoms with E-state index in [9.17, 15) is 9.59 Å². The molecule has 1 heterocycles. The van der Waals surface area contributed by atoms with Gasteiger partial charge in [-0.15, -0.1) is 0 Å². The van der Waals surface area contributed by atoms with Gasteiger partial charge in [0.2, 0.25) is 11.8 Å². The van der Waals surface area contributed by atoms with Gasteiger partial charge < -0.3 is 15.1 Å². The van der Waals surface area contributed by atoms with E-state index in [2.05, 4.69) is 12.2 Å². The molecule has 5 nitrogen and oxygen atoms in total. The van der Waals surface area contributed by atoms with Crippen molar-refractivity contribution in [3.63, 3.8) is 0 Å². The molecule has 5 heteroatoms. The summed E-state index contributed by atoms with van der Waals surface area (Å²) in [6.07, 6.45) is 1.80. The molecular weight excluding hydrogens is 242 g/mol. The molecule has 1 rings (SSSR count). The summed E-state index contributed by atoms with van der Waals surface area (Å²) in [6, 6.07) is 0. The molecule has 0 saturated carbocycles. The van der Waals surface area contributed by atoms with Gasteiger partial charge >= 0.3 is 0 Å². The largest absolute Gasteiger partial charge is 0.347 e. The maximum absolute atomic E-state index is 12.5. The van der Waals surface area contributed by atoms with Crippen molar-refractivity contribution in [1.29, 1.82) is 0 Å². The normalized spacial score (nSPS) is 22.9. The molecule has 0 aromatic rings. The van der Waals surface area contributed by atoms with E-state index < -0.39 is 0 Å². The van der Waals surface area contributed by atoms with Crippen molar-refractivity contribution in [1.82, 2.24) is 15.1 Å². The third kappa shape index (κ3) is 4.82. The Balaban J connectivity index is 2.63. The topological polar surface area (TPSA) is 52.7 Å². The zero-order valence-electron chi connectivity index (χ0n) is 12.6. The summed E-state index contributed by atoms with van der Waals surface area (Å²) in [5, 5.41) is 3.30. The van der Waals surface area contributed by atoms with Gasteiger partial charge in [-0.2, -0.15) is 0 Å². The summed E-state index contributed by atoms with van der Waals surface area (Å²) in [6.45, 7) is 6.76. The summed E-state index contributed by atoms with van der Waals surface area (Å²) in [7, 11) is 3.45. The molecule has 1 aliphatic rings. The molecule has 0 bridgehead atoms. The third-order valence-corrected chi connectivity index (χ3v) is 3.55. The lowest BCUT2D eigenvalue weighted by Gasteiger charge is -2.32. The SMILES string of the molecule is CCCN(CC(=O)N(C)C)C(=O)C1CNCC(C)C1. The predicted octanol–water partition coefficient (Wildman–Crippen LogP) is 0.559. The van der Waals surface area contributed by atoms with Gasteiger partial charge in [0.05, 0.1) is 12.5 Å². The Morgan fingerprint density at radius 3 is 2.47 bits per heavy atom. The Kier molecular flexibility index (Phi) is 6.28. The fourth-order valence-electron chi connectivity index (χ4n) is 2.44. The number of hydrogen-bond donors (Lipinski definition) is 1. The molecule has 2 amide bonds. The zero-order valence-corrected chi connectivity index (χ0v) is 12.6. The number of likely N-dealkylation sites (N-methyl/N-ethyl adjacent to an activating group) is 1. The van der Waals surface area contributed by atoms with E-state index in [0.717, 1.165) is 25.9 Å². The summed E-state index contributed by atoms with van der Waals surface area (Å²) >= 11 is 0. The number of piperidine rings is 1. The monoisotopic (exact) mass is 269 g/mol. The molecule has 0 radical (unpaired) electrons. The van der Waals surface area contributed by atoms with Crippen LogP contribution in [-0.2, 0) is 9.59 Å². The highest BCUT2D eigenvalue weighted by Gasteiger charge is 2.29. The van der Waals surface area contributed by atoms with Gasteiger partial charge in [0.15, 0.2) is 0 Å². The van der Waals surface area contributed by atoms with E-state index in [4.69, 9.17) is 0 Å². The minimum Gasteiger partial charge on any atom is -0.347 e. The lowest BCUT2D eigenvalue weighted by Crippen LogP contribution is -2.48. The van der Waals surface area contributed by atoms with E-state index in [1.54, 1.807) is 19.0 Å². The van der Waals surface area contributed by atoms with Crippen LogP contribution in [0.4, 0.5) is 0 Å². The second-order valence-corrected chi connectivity index (χ2v) is 5.74. The summed E-state index contributed by atoms with van der Waals surface area (Å²) < 4.78 is 0. The summed E-state index contributed by atoms with van der Waals surface area (Å²) in [4.78, 5) is 27.6. The highest BCUT2D eigenvalue weighted by molar-refractivity contribution is 5.86. The maximum Gasteiger partial charge on any atom is 0.241 e. The molecule has 0 spiro atoms. The van der Waals surface area contributed by atoms with Crippen molar-refractivity contribution in [3.8, 4) is 0 Å². The number of carbonyl (C=O) groups is 2. The lowest BCUT2D eigenvalue weighted by atomic mass is 9.90. The molecule has 0 aliphatic carbocycles. The van der Waals surface area contributed by atoms with Crippen LogP contribution in [0.1, 0.15) is 26.7 Å². The predicted molar refractivity (Wildman–Crippen MR) is 75.7 cm³/mol. The van der Waals surface area contributed by atoms with Crippen LogP contribution in [0.2, 0.25) is 0 Å². The molecule has 0 aromatic carbocycles. The van der Waals surface area contributed by atoms with Crippen molar-refractivity contribution < 1.29 is 9.59 Å². The first-order chi connectivity index (χ1) is 8.95. The molecule has 1 saturated heterocycles. The first-order valence-corrected chi connectivity index (χ1v) is 7.15. The number of nitrogens with zero attached hydrogens (tertiary/aromatic N) is 2. The number of amides is 2. The second kappa shape index (κ2) is 7.48. The van der Waals surface area contributed by atoms with Crippen LogP contribution in [0.25, 0.3) is 0 Å². The van der Waals surface area contributed by atoms with E-state index in [1.165, 1.54) is 4.90 Å². The maximum atomic E-state index is 12.5. The molecule has 2 atom stereocenters. The minimum absolute atomic E-state index is 0.0152. The van der Waals surface area contributed by atoms with Crippen molar-refractivity contribution in [2.45, 2.75) is 26.7 Å². The van der Waals surface area contributed by atoms with Crippen molar-refractivity contribution >= 4 is 11.8 Å². The molecule has 1 fully saturated rings. The summed E-state index contributed by atoms with van der Waals surface area (Å²) in [5.74, 6) is 0.649. The van der Waals surface area contributed by atoms with Crippen molar-refractivity contribution in [3.05, 3.63) is 0 Å². The number of nitrogens with one attached hydrogen (secondary N) is 1. The number of hydrogen-bond acceptors (Lipinski definition) is 3. The van der Waals surface area contributed by atoms with Gasteiger partial charge in [-0.1, -0.05) is 13.8 Å². The van der Waals surface area contributed by atoms with Crippen LogP contribution < -0.4 is 5.32 Å². The molecule has 2 unspecified atom stereocenters. The van der Waals surface area contributed by atoms with E-state index in [0.29, 0.717) is 12.5 Å². The Morgan fingerprint density at radius 2 is 1.95 bits per heavy atom. The van der Waals surface area contributed by atoms with Gasteiger partial charge in [-0.05, 0) is 25.3 Å². The Hall–Kier alpha value is -1.10. The summed E-state index contributed by atoms with van der Waals surface area (Å²) in [5.41, 5.74) is 0. The average molecular weight is 269 g/mol. The van der Waals surface area contributed by atoms with E-state index in [-0.39, 0.29) is 24.3 Å². The highest BCUT2D eigenvalue weighted by Crippen LogP contribution is 2.18. The van der Waals surface area contributed by atoms with Gasteiger partial charge in [0, 0.05) is 27.2 Å². The molecule has 1 N–H and O–H groups in total. The van der Waals surface area contributed by atoms with E-state index >= 15 is 0 Å². The van der Waals surface area contributed by atoms with Gasteiger partial charge in [-0.3, -0.25) is 9.59 Å². The average Bonchev–Trinajstić information content (AvgIpc) is 2.37. The van der Waals surface area contributed by atoms with Crippen LogP contribution in [0.5, 0.6) is 0 Å². The fourth-order valence-corrected chi connectivity index (χ4v) is 2.44. The minimum atomic E-state index is -0.0152. The van der Waals surface area contributed by atoms with Crippen LogP contribution in [-0.4, -0.2) is 61.9 Å². The Labute approximate surface area is 116 Å². The van der Waals surface area contributed by atoms with E-state index in [1.807, 2.05) is 6.92 Å². The van der Waals surface area contributed by atoms with Crippen molar-refractivity contribution in [2.75, 3.05) is 40.3 Å². The molecule has 110 valence electrons. The number of rotatable bonds is 5. The Morgan fingerprint density at radius 1 is 1.26 bits per heavy atom. The molecular formula is C14H27N3O2. The van der Waals surface area contributed by atoms with Gasteiger partial charge in [-0.25, -0.2) is 0 Å². The van der Waals surface area contributed by atoms with Crippen molar-refractivity contribution in [2.24, 2.45) is 11.8 Å². The van der Waals surface area contributed by atoms with Crippen LogP contribution in [0, 0.1) is 11.8 Å². The second-order valence-electron chi connectivity index (χ2n) is 5.74. The Bertz CT molecular complexity index is 318. The standard InChI is InChI=1S/C14H27N3O2/c1-5-6-17(10-13(18)16(3)4)14(19)12-7-11(2)8-15-9-12/h11-12,15H,5-10H2,1-4H3. The fraction of sp³-hybridized carbons (Fsp3) is 0.857. The molecule has 1 aliphatic heterocycles. The molecule has 19 heavy (non-hydrogen) atoms. The zero-order chi connectivity index (χ0) is 14.4. The number of carbonyl (C=O) groups excluding carboxylic acids is 2. The van der Waals surface area contributed by atoms with Crippen LogP contribution in [0.15, 0.2) is 0 Å².